The molecule has 3 rings (SSSR count). The van der Waals surface area contributed by atoms with Crippen LogP contribution in [0.25, 0.3) is 0 Å². The first-order chi connectivity index (χ1) is 9.65. The predicted octanol–water partition coefficient (Wildman–Crippen LogP) is 4.04. The zero-order valence-corrected chi connectivity index (χ0v) is 11.4. The highest BCUT2D eigenvalue weighted by Crippen LogP contribution is 2.35. The molecule has 0 saturated heterocycles. The Kier molecular flexibility index (Phi) is 3.22. The molecule has 1 aliphatic heterocycles. The van der Waals surface area contributed by atoms with Crippen molar-refractivity contribution < 1.29 is 13.9 Å². The maximum atomic E-state index is 13.5. The van der Waals surface area contributed by atoms with Crippen LogP contribution >= 0.6 is 0 Å². The van der Waals surface area contributed by atoms with E-state index in [-0.39, 0.29) is 18.7 Å². The molecule has 1 atom stereocenters. The first-order valence-electron chi connectivity index (χ1n) is 6.56. The Balaban J connectivity index is 1.82. The summed E-state index contributed by atoms with van der Waals surface area (Å²) in [5.74, 6) is 1.32. The van der Waals surface area contributed by atoms with E-state index in [1.54, 1.807) is 13.0 Å². The maximum Gasteiger partial charge on any atom is 0.231 e. The summed E-state index contributed by atoms with van der Waals surface area (Å²) >= 11 is 0. The maximum absolute atomic E-state index is 13.5. The second-order valence-electron chi connectivity index (χ2n) is 4.89. The SMILES string of the molecule is Cc1c(F)cccc1NC(C)c1ccc2c(c1)OCO2. The van der Waals surface area contributed by atoms with Gasteiger partial charge in [-0.05, 0) is 43.7 Å². The molecule has 0 saturated carbocycles. The number of benzene rings is 2. The van der Waals surface area contributed by atoms with Crippen LogP contribution in [-0.2, 0) is 0 Å². The first kappa shape index (κ1) is 12.8. The van der Waals surface area contributed by atoms with Gasteiger partial charge in [0, 0.05) is 17.3 Å². The quantitative estimate of drug-likeness (QED) is 0.915. The van der Waals surface area contributed by atoms with Gasteiger partial charge in [-0.15, -0.1) is 0 Å². The van der Waals surface area contributed by atoms with Gasteiger partial charge in [0.15, 0.2) is 11.5 Å². The van der Waals surface area contributed by atoms with Gasteiger partial charge in [-0.3, -0.25) is 0 Å². The first-order valence-corrected chi connectivity index (χ1v) is 6.56. The average molecular weight is 273 g/mol. The van der Waals surface area contributed by atoms with Gasteiger partial charge in [-0.25, -0.2) is 4.39 Å². The number of halogens is 1. The summed E-state index contributed by atoms with van der Waals surface area (Å²) in [6.07, 6.45) is 0. The molecular formula is C16H16FNO2. The molecule has 104 valence electrons. The third-order valence-electron chi connectivity index (χ3n) is 3.54. The number of nitrogens with one attached hydrogen (secondary N) is 1. The summed E-state index contributed by atoms with van der Waals surface area (Å²) in [5, 5.41) is 3.32. The van der Waals surface area contributed by atoms with E-state index in [4.69, 9.17) is 9.47 Å². The van der Waals surface area contributed by atoms with E-state index in [1.807, 2.05) is 31.2 Å². The van der Waals surface area contributed by atoms with Gasteiger partial charge in [0.1, 0.15) is 5.82 Å². The van der Waals surface area contributed by atoms with Crippen LogP contribution in [0.1, 0.15) is 24.1 Å². The Bertz CT molecular complexity index is 642. The fourth-order valence-electron chi connectivity index (χ4n) is 2.26. The molecule has 20 heavy (non-hydrogen) atoms. The molecule has 2 aromatic carbocycles. The fraction of sp³-hybridized carbons (Fsp3) is 0.250. The van der Waals surface area contributed by atoms with E-state index in [2.05, 4.69) is 5.32 Å². The van der Waals surface area contributed by atoms with Crippen molar-refractivity contribution >= 4 is 5.69 Å². The molecule has 1 N–H and O–H groups in total. The molecule has 0 aliphatic carbocycles. The molecule has 0 fully saturated rings. The van der Waals surface area contributed by atoms with Crippen molar-refractivity contribution in [1.82, 2.24) is 0 Å². The van der Waals surface area contributed by atoms with Gasteiger partial charge in [0.25, 0.3) is 0 Å². The Morgan fingerprint density at radius 1 is 1.15 bits per heavy atom. The zero-order chi connectivity index (χ0) is 14.1. The van der Waals surface area contributed by atoms with Crippen molar-refractivity contribution in [2.75, 3.05) is 12.1 Å². The average Bonchev–Trinajstić information content (AvgIpc) is 2.91. The normalized spacial score (nSPS) is 14.2. The Morgan fingerprint density at radius 2 is 1.95 bits per heavy atom. The Labute approximate surface area is 117 Å². The molecule has 0 spiro atoms. The van der Waals surface area contributed by atoms with Gasteiger partial charge in [-0.2, -0.15) is 0 Å². The molecule has 1 unspecified atom stereocenters. The molecule has 0 bridgehead atoms. The van der Waals surface area contributed by atoms with Crippen LogP contribution in [0.5, 0.6) is 11.5 Å². The van der Waals surface area contributed by atoms with Crippen molar-refractivity contribution in [3.05, 3.63) is 53.3 Å². The van der Waals surface area contributed by atoms with Crippen LogP contribution in [0.2, 0.25) is 0 Å². The van der Waals surface area contributed by atoms with Gasteiger partial charge < -0.3 is 14.8 Å². The zero-order valence-electron chi connectivity index (χ0n) is 11.4. The Morgan fingerprint density at radius 3 is 2.80 bits per heavy atom. The van der Waals surface area contributed by atoms with Gasteiger partial charge in [-0.1, -0.05) is 12.1 Å². The monoisotopic (exact) mass is 273 g/mol. The third kappa shape index (κ3) is 2.29. The minimum Gasteiger partial charge on any atom is -0.454 e. The molecular weight excluding hydrogens is 257 g/mol. The number of hydrogen-bond donors (Lipinski definition) is 1. The van der Waals surface area contributed by atoms with Crippen LogP contribution in [0.4, 0.5) is 10.1 Å². The molecule has 1 heterocycles. The van der Waals surface area contributed by atoms with Crippen LogP contribution in [0.15, 0.2) is 36.4 Å². The standard InChI is InChI=1S/C16H16FNO2/c1-10-13(17)4-3-5-14(10)18-11(2)12-6-7-15-16(8-12)20-9-19-15/h3-8,11,18H,9H2,1-2H3. The van der Waals surface area contributed by atoms with Crippen LogP contribution < -0.4 is 14.8 Å². The highest BCUT2D eigenvalue weighted by molar-refractivity contribution is 5.53. The lowest BCUT2D eigenvalue weighted by Gasteiger charge is -2.18. The van der Waals surface area contributed by atoms with Crippen LogP contribution in [0, 0.1) is 12.7 Å². The minimum absolute atomic E-state index is 0.0463. The lowest BCUT2D eigenvalue weighted by Crippen LogP contribution is -2.08. The summed E-state index contributed by atoms with van der Waals surface area (Å²) in [6.45, 7) is 4.06. The summed E-state index contributed by atoms with van der Waals surface area (Å²) in [7, 11) is 0. The van der Waals surface area contributed by atoms with Crippen molar-refractivity contribution in [1.29, 1.82) is 0 Å². The summed E-state index contributed by atoms with van der Waals surface area (Å²) in [4.78, 5) is 0. The topological polar surface area (TPSA) is 30.5 Å². The van der Waals surface area contributed by atoms with Gasteiger partial charge in [0.05, 0.1) is 0 Å². The van der Waals surface area contributed by atoms with Crippen molar-refractivity contribution in [3.63, 3.8) is 0 Å². The van der Waals surface area contributed by atoms with Crippen molar-refractivity contribution in [3.8, 4) is 11.5 Å². The molecule has 2 aromatic rings. The van der Waals surface area contributed by atoms with Crippen molar-refractivity contribution in [2.24, 2.45) is 0 Å². The van der Waals surface area contributed by atoms with Crippen LogP contribution in [-0.4, -0.2) is 6.79 Å². The molecule has 1 aliphatic rings. The number of rotatable bonds is 3. The lowest BCUT2D eigenvalue weighted by molar-refractivity contribution is 0.174. The minimum atomic E-state index is -0.201. The fourth-order valence-corrected chi connectivity index (χ4v) is 2.26. The third-order valence-corrected chi connectivity index (χ3v) is 3.54. The molecule has 0 radical (unpaired) electrons. The molecule has 3 nitrogen and oxygen atoms in total. The number of anilines is 1. The predicted molar refractivity (Wildman–Crippen MR) is 75.7 cm³/mol. The van der Waals surface area contributed by atoms with Gasteiger partial charge >= 0.3 is 0 Å². The van der Waals surface area contributed by atoms with Gasteiger partial charge in [0.2, 0.25) is 6.79 Å². The van der Waals surface area contributed by atoms with E-state index in [0.29, 0.717) is 5.56 Å². The second-order valence-corrected chi connectivity index (χ2v) is 4.89. The molecule has 4 heteroatoms. The van der Waals surface area contributed by atoms with Crippen LogP contribution in [0.3, 0.4) is 0 Å². The smallest absolute Gasteiger partial charge is 0.231 e. The largest absolute Gasteiger partial charge is 0.454 e. The second kappa shape index (κ2) is 5.04. The van der Waals surface area contributed by atoms with Crippen molar-refractivity contribution in [2.45, 2.75) is 19.9 Å². The van der Waals surface area contributed by atoms with E-state index in [1.165, 1.54) is 6.07 Å². The summed E-state index contributed by atoms with van der Waals surface area (Å²) in [5.41, 5.74) is 2.49. The highest BCUT2D eigenvalue weighted by Gasteiger charge is 2.16. The van der Waals surface area contributed by atoms with E-state index >= 15 is 0 Å². The summed E-state index contributed by atoms with van der Waals surface area (Å²) < 4.78 is 24.2. The number of ether oxygens (including phenoxy) is 2. The van der Waals surface area contributed by atoms with E-state index < -0.39 is 0 Å². The van der Waals surface area contributed by atoms with E-state index in [0.717, 1.165) is 22.7 Å². The number of hydrogen-bond acceptors (Lipinski definition) is 3. The lowest BCUT2D eigenvalue weighted by atomic mass is 10.1. The molecule has 0 aromatic heterocycles. The highest BCUT2D eigenvalue weighted by atomic mass is 19.1. The Hall–Kier alpha value is -2.23. The van der Waals surface area contributed by atoms with E-state index in [9.17, 15) is 4.39 Å². The number of fused-ring (bicyclic) bond motifs is 1. The molecule has 0 amide bonds. The summed E-state index contributed by atoms with van der Waals surface area (Å²) in [6, 6.07) is 10.9.